The number of rotatable bonds is 7. The van der Waals surface area contributed by atoms with Gasteiger partial charge in [0.2, 0.25) is 5.78 Å². The van der Waals surface area contributed by atoms with Crippen molar-refractivity contribution in [3.8, 4) is 11.5 Å². The second-order valence-electron chi connectivity index (χ2n) is 12.7. The van der Waals surface area contributed by atoms with Crippen molar-refractivity contribution >= 4 is 21.6 Å². The van der Waals surface area contributed by atoms with Crippen LogP contribution in [0.25, 0.3) is 0 Å². The van der Waals surface area contributed by atoms with Gasteiger partial charge in [0, 0.05) is 30.9 Å². The van der Waals surface area contributed by atoms with Crippen molar-refractivity contribution in [1.82, 2.24) is 0 Å². The zero-order valence-corrected chi connectivity index (χ0v) is 28.4. The molecule has 3 aliphatic rings. The summed E-state index contributed by atoms with van der Waals surface area (Å²) in [5.74, 6) is -2.94. The third kappa shape index (κ3) is 5.61. The van der Waals surface area contributed by atoms with E-state index in [0.717, 1.165) is 5.56 Å². The summed E-state index contributed by atoms with van der Waals surface area (Å²) < 4.78 is 53.4. The van der Waals surface area contributed by atoms with Crippen LogP contribution in [0.2, 0.25) is 0 Å². The molecule has 16 heteroatoms. The molecule has 3 aromatic rings. The quantitative estimate of drug-likeness (QED) is 0.174. The van der Waals surface area contributed by atoms with Gasteiger partial charge in [0.15, 0.2) is 12.1 Å². The second kappa shape index (κ2) is 12.9. The van der Waals surface area contributed by atoms with Crippen LogP contribution in [0.15, 0.2) is 63.1 Å². The SMILES string of the molecule is COC1C(O[C@@H]2c3c(cc4c(c3O)C(=O)c3c(O)cccc3C4=O)C(N=NS(=O)(=O)c3ccc(C)cc3)[C@@](C)(O)[C@H]2OC)OC(C)C(O)C1O. The van der Waals surface area contributed by atoms with Gasteiger partial charge < -0.3 is 44.5 Å². The lowest BCUT2D eigenvalue weighted by molar-refractivity contribution is -0.324. The Morgan fingerprint density at radius 2 is 1.60 bits per heavy atom. The van der Waals surface area contributed by atoms with E-state index < -0.39 is 93.2 Å². The van der Waals surface area contributed by atoms with Crippen molar-refractivity contribution < 1.29 is 62.5 Å². The number of hydrogen-bond donors (Lipinski definition) is 5. The molecule has 1 saturated heterocycles. The number of hydrogen-bond acceptors (Lipinski definition) is 14. The molecule has 0 amide bonds. The van der Waals surface area contributed by atoms with Crippen LogP contribution in [0, 0.1) is 6.92 Å². The van der Waals surface area contributed by atoms with Gasteiger partial charge in [-0.15, -0.1) is 0 Å². The highest BCUT2D eigenvalue weighted by atomic mass is 32.2. The average Bonchev–Trinajstić information content (AvgIpc) is 3.05. The Morgan fingerprint density at radius 1 is 0.920 bits per heavy atom. The molecule has 15 nitrogen and oxygen atoms in total. The van der Waals surface area contributed by atoms with E-state index in [4.69, 9.17) is 18.9 Å². The summed E-state index contributed by atoms with van der Waals surface area (Å²) in [5.41, 5.74) is -3.08. The van der Waals surface area contributed by atoms with Gasteiger partial charge in [0.05, 0.1) is 22.1 Å². The normalized spacial score (nSPS) is 31.0. The Balaban J connectivity index is 1.57. The van der Waals surface area contributed by atoms with E-state index in [0.29, 0.717) is 0 Å². The zero-order valence-electron chi connectivity index (χ0n) is 27.5. The van der Waals surface area contributed by atoms with Crippen molar-refractivity contribution in [1.29, 1.82) is 0 Å². The topological polar surface area (TPSA) is 231 Å². The van der Waals surface area contributed by atoms with Gasteiger partial charge in [-0.1, -0.05) is 34.3 Å². The maximum Gasteiger partial charge on any atom is 0.299 e. The molecular formula is C34H36N2O13S. The standard InChI is InChI=1S/C34H36N2O13S/c1-14-9-11-16(12-10-14)50(44,45)36-35-31-19-13-18-22(26(40)21-17(25(18)39)7-6-8-20(21)37)27(41)23(19)29(32(47-5)34(31,3)43)49-33-30(46-4)28(42)24(38)15(2)48-33/h6-13,15,24,28-33,37-38,41-43H,1-5H3/t15?,24?,28?,29-,30?,31?,32+,33?,34-/m1/s1. The summed E-state index contributed by atoms with van der Waals surface area (Å²) in [4.78, 5) is 27.5. The summed E-state index contributed by atoms with van der Waals surface area (Å²) in [6, 6.07) is 9.25. The fourth-order valence-electron chi connectivity index (χ4n) is 6.86. The van der Waals surface area contributed by atoms with Crippen LogP contribution in [-0.4, -0.2) is 102 Å². The first-order chi connectivity index (χ1) is 23.5. The molecule has 1 fully saturated rings. The van der Waals surface area contributed by atoms with Gasteiger partial charge in [0.1, 0.15) is 53.7 Å². The number of nitrogens with zero attached hydrogens (tertiary/aromatic N) is 2. The number of phenolic OH excluding ortho intramolecular Hbond substituents is 2. The number of sulfonamides is 1. The van der Waals surface area contributed by atoms with Gasteiger partial charge in [0.25, 0.3) is 10.0 Å². The van der Waals surface area contributed by atoms with Gasteiger partial charge in [-0.25, -0.2) is 0 Å². The Hall–Kier alpha value is -4.13. The van der Waals surface area contributed by atoms with Crippen LogP contribution in [0.5, 0.6) is 11.5 Å². The molecule has 0 saturated carbocycles. The fourth-order valence-corrected chi connectivity index (χ4v) is 7.65. The van der Waals surface area contributed by atoms with Crippen molar-refractivity contribution in [3.05, 3.63) is 87.5 Å². The van der Waals surface area contributed by atoms with Crippen LogP contribution < -0.4 is 0 Å². The van der Waals surface area contributed by atoms with Gasteiger partial charge in [-0.05, 0) is 50.6 Å². The molecule has 2 aliphatic carbocycles. The smallest absolute Gasteiger partial charge is 0.299 e. The molecular weight excluding hydrogens is 676 g/mol. The van der Waals surface area contributed by atoms with Crippen molar-refractivity contribution in [2.45, 2.75) is 80.2 Å². The summed E-state index contributed by atoms with van der Waals surface area (Å²) in [6.45, 7) is 4.51. The number of methoxy groups -OCH3 is 2. The van der Waals surface area contributed by atoms with E-state index in [1.165, 1.54) is 64.5 Å². The second-order valence-corrected chi connectivity index (χ2v) is 14.3. The predicted molar refractivity (Wildman–Crippen MR) is 171 cm³/mol. The zero-order chi connectivity index (χ0) is 36.4. The Labute approximate surface area is 286 Å². The number of fused-ring (bicyclic) bond motifs is 3. The molecule has 0 bridgehead atoms. The number of ether oxygens (including phenoxy) is 4. The molecule has 1 heterocycles. The maximum atomic E-state index is 13.9. The molecule has 6 rings (SSSR count). The van der Waals surface area contributed by atoms with E-state index in [2.05, 4.69) is 9.63 Å². The number of benzene rings is 3. The highest BCUT2D eigenvalue weighted by Gasteiger charge is 2.56. The Morgan fingerprint density at radius 3 is 2.24 bits per heavy atom. The monoisotopic (exact) mass is 712 g/mol. The van der Waals surface area contributed by atoms with E-state index in [1.807, 2.05) is 0 Å². The van der Waals surface area contributed by atoms with Crippen molar-refractivity contribution in [3.63, 3.8) is 0 Å². The number of carbonyl (C=O) groups excluding carboxylic acids is 2. The number of aryl methyl sites for hydroxylation is 1. The van der Waals surface area contributed by atoms with E-state index in [-0.39, 0.29) is 32.7 Å². The first-order valence-corrected chi connectivity index (χ1v) is 17.0. The van der Waals surface area contributed by atoms with E-state index in [9.17, 15) is 43.5 Å². The largest absolute Gasteiger partial charge is 0.507 e. The Kier molecular flexibility index (Phi) is 9.20. The van der Waals surface area contributed by atoms with Crippen LogP contribution in [-0.2, 0) is 29.0 Å². The molecule has 9 atom stereocenters. The molecule has 6 unspecified atom stereocenters. The summed E-state index contributed by atoms with van der Waals surface area (Å²) in [6.07, 6.45) is -9.68. The summed E-state index contributed by atoms with van der Waals surface area (Å²) >= 11 is 0. The van der Waals surface area contributed by atoms with Gasteiger partial charge >= 0.3 is 0 Å². The number of carbonyl (C=O) groups is 2. The molecule has 3 aromatic carbocycles. The highest BCUT2D eigenvalue weighted by Crippen LogP contribution is 2.54. The van der Waals surface area contributed by atoms with Crippen LogP contribution in [0.4, 0.5) is 0 Å². The molecule has 0 radical (unpaired) electrons. The third-order valence-corrected chi connectivity index (χ3v) is 10.7. The minimum absolute atomic E-state index is 0.143. The fraction of sp³-hybridized carbons (Fsp3) is 0.412. The van der Waals surface area contributed by atoms with Crippen LogP contribution >= 0.6 is 0 Å². The molecule has 266 valence electrons. The molecule has 5 N–H and O–H groups in total. The molecule has 1 aliphatic heterocycles. The molecule has 50 heavy (non-hydrogen) atoms. The first kappa shape index (κ1) is 35.7. The number of aliphatic hydroxyl groups excluding tert-OH is 2. The number of aliphatic hydroxyl groups is 3. The van der Waals surface area contributed by atoms with Crippen LogP contribution in [0.1, 0.15) is 74.5 Å². The first-order valence-electron chi connectivity index (χ1n) is 15.5. The lowest BCUT2D eigenvalue weighted by Crippen LogP contribution is -2.60. The van der Waals surface area contributed by atoms with Crippen molar-refractivity contribution in [2.24, 2.45) is 9.63 Å². The molecule has 0 spiro atoms. The minimum Gasteiger partial charge on any atom is -0.507 e. The lowest BCUT2D eigenvalue weighted by Gasteiger charge is -2.48. The third-order valence-electron chi connectivity index (χ3n) is 9.52. The maximum absolute atomic E-state index is 13.9. The van der Waals surface area contributed by atoms with Crippen molar-refractivity contribution in [2.75, 3.05) is 14.2 Å². The van der Waals surface area contributed by atoms with Crippen LogP contribution in [0.3, 0.4) is 0 Å². The lowest BCUT2D eigenvalue weighted by atomic mass is 9.70. The molecule has 0 aromatic heterocycles. The number of ketones is 2. The number of aromatic hydroxyl groups is 2. The van der Waals surface area contributed by atoms with E-state index in [1.54, 1.807) is 19.1 Å². The minimum atomic E-state index is -4.43. The number of phenols is 2. The van der Waals surface area contributed by atoms with E-state index >= 15 is 0 Å². The average molecular weight is 713 g/mol. The van der Waals surface area contributed by atoms with Gasteiger partial charge in [-0.3, -0.25) is 9.59 Å². The van der Waals surface area contributed by atoms with Gasteiger partial charge in [-0.2, -0.15) is 13.5 Å². The summed E-state index contributed by atoms with van der Waals surface area (Å²) in [7, 11) is -1.99. The highest BCUT2D eigenvalue weighted by molar-refractivity contribution is 7.90. The predicted octanol–water partition coefficient (Wildman–Crippen LogP) is 2.38. The Bertz CT molecular complexity index is 2000. The summed E-state index contributed by atoms with van der Waals surface area (Å²) in [5, 5.41) is 59.9.